The Morgan fingerprint density at radius 2 is 1.76 bits per heavy atom. The molecular weight excluding hydrogens is 475 g/mol. The van der Waals surface area contributed by atoms with Gasteiger partial charge in [-0.05, 0) is 63.0 Å². The molecule has 7 heteroatoms. The number of para-hydroxylation sites is 1. The van der Waals surface area contributed by atoms with Crippen LogP contribution in [0.3, 0.4) is 0 Å². The van der Waals surface area contributed by atoms with E-state index in [0.717, 1.165) is 37.6 Å². The standard InChI is InChI=1S/C22H34N6.HI/c1-23-22(24-13-9-17-27-15-7-2-3-8-16-27)25-14-12-20-18-26-28(19-20)21-10-5-4-6-11-21;/h4-6,10-11,18-19H,2-3,7-9,12-17H2,1H3,(H2,23,24,25);1H. The molecule has 0 radical (unpaired) electrons. The van der Waals surface area contributed by atoms with Gasteiger partial charge in [0.25, 0.3) is 0 Å². The number of hydrogen-bond acceptors (Lipinski definition) is 3. The summed E-state index contributed by atoms with van der Waals surface area (Å²) in [6.07, 6.45) is 11.6. The van der Waals surface area contributed by atoms with Crippen molar-refractivity contribution in [1.82, 2.24) is 25.3 Å². The van der Waals surface area contributed by atoms with E-state index in [1.807, 2.05) is 36.1 Å². The number of rotatable bonds is 8. The second kappa shape index (κ2) is 13.6. The van der Waals surface area contributed by atoms with Crippen molar-refractivity contribution in [3.05, 3.63) is 48.3 Å². The van der Waals surface area contributed by atoms with Gasteiger partial charge in [-0.25, -0.2) is 4.68 Å². The van der Waals surface area contributed by atoms with Crippen LogP contribution < -0.4 is 10.6 Å². The van der Waals surface area contributed by atoms with Gasteiger partial charge < -0.3 is 15.5 Å². The maximum Gasteiger partial charge on any atom is 0.190 e. The summed E-state index contributed by atoms with van der Waals surface area (Å²) in [7, 11) is 1.83. The van der Waals surface area contributed by atoms with Crippen molar-refractivity contribution in [3.63, 3.8) is 0 Å². The molecule has 1 aromatic carbocycles. The Hall–Kier alpha value is -1.61. The molecule has 6 nitrogen and oxygen atoms in total. The van der Waals surface area contributed by atoms with E-state index >= 15 is 0 Å². The number of guanidine groups is 1. The molecule has 1 aliphatic heterocycles. The van der Waals surface area contributed by atoms with Crippen LogP contribution in [0.25, 0.3) is 5.69 Å². The van der Waals surface area contributed by atoms with Gasteiger partial charge in [0.15, 0.2) is 5.96 Å². The van der Waals surface area contributed by atoms with Crippen molar-refractivity contribution in [3.8, 4) is 5.69 Å². The van der Waals surface area contributed by atoms with Crippen LogP contribution in [-0.2, 0) is 6.42 Å². The second-order valence-corrected chi connectivity index (χ2v) is 7.41. The molecule has 0 aliphatic carbocycles. The molecule has 2 N–H and O–H groups in total. The Kier molecular flexibility index (Phi) is 11.1. The summed E-state index contributed by atoms with van der Waals surface area (Å²) in [5, 5.41) is 11.3. The summed E-state index contributed by atoms with van der Waals surface area (Å²) in [5.74, 6) is 0.881. The number of aliphatic imine (C=N–C) groups is 1. The highest BCUT2D eigenvalue weighted by molar-refractivity contribution is 14.0. The lowest BCUT2D eigenvalue weighted by Crippen LogP contribution is -2.39. The fourth-order valence-electron chi connectivity index (χ4n) is 3.63. The number of nitrogens with zero attached hydrogens (tertiary/aromatic N) is 4. The summed E-state index contributed by atoms with van der Waals surface area (Å²) in [6, 6.07) is 10.2. The van der Waals surface area contributed by atoms with E-state index < -0.39 is 0 Å². The molecule has 0 bridgehead atoms. The maximum atomic E-state index is 4.45. The minimum Gasteiger partial charge on any atom is -0.356 e. The van der Waals surface area contributed by atoms with Gasteiger partial charge in [-0.2, -0.15) is 5.10 Å². The molecule has 160 valence electrons. The molecule has 2 heterocycles. The van der Waals surface area contributed by atoms with Gasteiger partial charge in [-0.15, -0.1) is 24.0 Å². The van der Waals surface area contributed by atoms with Gasteiger partial charge in [0.05, 0.1) is 11.9 Å². The first-order valence-electron chi connectivity index (χ1n) is 10.6. The van der Waals surface area contributed by atoms with Gasteiger partial charge in [0, 0.05) is 26.3 Å². The molecule has 2 aromatic rings. The maximum absolute atomic E-state index is 4.45. The van der Waals surface area contributed by atoms with Gasteiger partial charge in [-0.1, -0.05) is 31.0 Å². The van der Waals surface area contributed by atoms with Crippen LogP contribution >= 0.6 is 24.0 Å². The first-order chi connectivity index (χ1) is 13.8. The fourth-order valence-corrected chi connectivity index (χ4v) is 3.63. The zero-order valence-electron chi connectivity index (χ0n) is 17.5. The van der Waals surface area contributed by atoms with E-state index in [9.17, 15) is 0 Å². The van der Waals surface area contributed by atoms with Gasteiger partial charge in [0.1, 0.15) is 0 Å². The summed E-state index contributed by atoms with van der Waals surface area (Å²) in [5.41, 5.74) is 2.30. The normalized spacial score (nSPS) is 15.4. The van der Waals surface area contributed by atoms with E-state index in [2.05, 4.69) is 44.0 Å². The minimum atomic E-state index is 0. The van der Waals surface area contributed by atoms with Crippen molar-refractivity contribution >= 4 is 29.9 Å². The van der Waals surface area contributed by atoms with E-state index in [0.29, 0.717) is 0 Å². The fraction of sp³-hybridized carbons (Fsp3) is 0.545. The summed E-state index contributed by atoms with van der Waals surface area (Å²) in [6.45, 7) is 5.52. The van der Waals surface area contributed by atoms with E-state index in [4.69, 9.17) is 0 Å². The monoisotopic (exact) mass is 510 g/mol. The van der Waals surface area contributed by atoms with Gasteiger partial charge in [0.2, 0.25) is 0 Å². The molecule has 0 spiro atoms. The van der Waals surface area contributed by atoms with Gasteiger partial charge in [-0.3, -0.25) is 4.99 Å². The Bertz CT molecular complexity index is 707. The first-order valence-corrected chi connectivity index (χ1v) is 10.6. The van der Waals surface area contributed by atoms with Crippen molar-refractivity contribution in [2.24, 2.45) is 4.99 Å². The number of halogens is 1. The predicted molar refractivity (Wildman–Crippen MR) is 132 cm³/mol. The quantitative estimate of drug-likeness (QED) is 0.247. The number of hydrogen-bond donors (Lipinski definition) is 2. The lowest BCUT2D eigenvalue weighted by atomic mass is 10.2. The molecule has 0 atom stereocenters. The predicted octanol–water partition coefficient (Wildman–Crippen LogP) is 3.46. The summed E-state index contributed by atoms with van der Waals surface area (Å²) < 4.78 is 1.92. The van der Waals surface area contributed by atoms with E-state index in [1.54, 1.807) is 0 Å². The van der Waals surface area contributed by atoms with Crippen LogP contribution in [-0.4, -0.2) is 60.4 Å². The Balaban J connectivity index is 0.00000300. The second-order valence-electron chi connectivity index (χ2n) is 7.41. The zero-order valence-corrected chi connectivity index (χ0v) is 19.8. The van der Waals surface area contributed by atoms with Gasteiger partial charge >= 0.3 is 0 Å². The highest BCUT2D eigenvalue weighted by Gasteiger charge is 2.08. The molecule has 1 aliphatic rings. The van der Waals surface area contributed by atoms with E-state index in [-0.39, 0.29) is 24.0 Å². The Morgan fingerprint density at radius 1 is 1.03 bits per heavy atom. The van der Waals surface area contributed by atoms with Crippen molar-refractivity contribution < 1.29 is 0 Å². The zero-order chi connectivity index (χ0) is 19.4. The Labute approximate surface area is 192 Å². The SMILES string of the molecule is CN=C(NCCCN1CCCCCC1)NCCc1cnn(-c2ccccc2)c1.I. The third kappa shape index (κ3) is 8.34. The molecule has 3 rings (SSSR count). The lowest BCUT2D eigenvalue weighted by Gasteiger charge is -2.20. The summed E-state index contributed by atoms with van der Waals surface area (Å²) >= 11 is 0. The van der Waals surface area contributed by atoms with Crippen LogP contribution in [0.5, 0.6) is 0 Å². The molecule has 0 amide bonds. The highest BCUT2D eigenvalue weighted by atomic mass is 127. The van der Waals surface area contributed by atoms with Crippen molar-refractivity contribution in [2.45, 2.75) is 38.5 Å². The average molecular weight is 510 g/mol. The van der Waals surface area contributed by atoms with Crippen LogP contribution in [0, 0.1) is 0 Å². The summed E-state index contributed by atoms with van der Waals surface area (Å²) in [4.78, 5) is 6.94. The van der Waals surface area contributed by atoms with E-state index in [1.165, 1.54) is 50.9 Å². The molecule has 1 saturated heterocycles. The largest absolute Gasteiger partial charge is 0.356 e. The molecule has 29 heavy (non-hydrogen) atoms. The van der Waals surface area contributed by atoms with Crippen molar-refractivity contribution in [2.75, 3.05) is 39.8 Å². The first kappa shape index (κ1) is 23.7. The topological polar surface area (TPSA) is 57.5 Å². The van der Waals surface area contributed by atoms with Crippen LogP contribution in [0.1, 0.15) is 37.7 Å². The Morgan fingerprint density at radius 3 is 2.48 bits per heavy atom. The number of aromatic nitrogens is 2. The smallest absolute Gasteiger partial charge is 0.190 e. The highest BCUT2D eigenvalue weighted by Crippen LogP contribution is 2.09. The average Bonchev–Trinajstić information content (AvgIpc) is 3.05. The third-order valence-electron chi connectivity index (χ3n) is 5.23. The molecular formula is C22H35IN6. The van der Waals surface area contributed by atoms with Crippen molar-refractivity contribution in [1.29, 1.82) is 0 Å². The third-order valence-corrected chi connectivity index (χ3v) is 5.23. The molecule has 0 saturated carbocycles. The number of likely N-dealkylation sites (tertiary alicyclic amines) is 1. The van der Waals surface area contributed by atoms with Crippen LogP contribution in [0.2, 0.25) is 0 Å². The lowest BCUT2D eigenvalue weighted by molar-refractivity contribution is 0.282. The number of nitrogens with one attached hydrogen (secondary N) is 2. The number of benzene rings is 1. The van der Waals surface area contributed by atoms with Crippen LogP contribution in [0.4, 0.5) is 0 Å². The minimum absolute atomic E-state index is 0. The van der Waals surface area contributed by atoms with Crippen LogP contribution in [0.15, 0.2) is 47.7 Å². The molecule has 1 fully saturated rings. The molecule has 1 aromatic heterocycles. The molecule has 0 unspecified atom stereocenters.